The predicted molar refractivity (Wildman–Crippen MR) is 129 cm³/mol. The molecular formula is C26H28N2O4S. The van der Waals surface area contributed by atoms with Gasteiger partial charge in [0.25, 0.3) is 5.91 Å². The average molecular weight is 465 g/mol. The van der Waals surface area contributed by atoms with Crippen molar-refractivity contribution in [2.24, 2.45) is 5.92 Å². The predicted octanol–water partition coefficient (Wildman–Crippen LogP) is 4.28. The summed E-state index contributed by atoms with van der Waals surface area (Å²) in [5, 5.41) is 1.89. The monoisotopic (exact) mass is 464 g/mol. The Kier molecular flexibility index (Phi) is 6.99. The molecule has 0 N–H and O–H groups in total. The van der Waals surface area contributed by atoms with Crippen LogP contribution in [0.25, 0.3) is 0 Å². The van der Waals surface area contributed by atoms with E-state index in [9.17, 15) is 9.59 Å². The van der Waals surface area contributed by atoms with E-state index >= 15 is 0 Å². The van der Waals surface area contributed by atoms with Gasteiger partial charge in [-0.25, -0.2) is 0 Å². The number of amides is 2. The fourth-order valence-electron chi connectivity index (χ4n) is 4.44. The zero-order chi connectivity index (χ0) is 23.4. The lowest BCUT2D eigenvalue weighted by molar-refractivity contribution is -0.134. The van der Waals surface area contributed by atoms with E-state index in [4.69, 9.17) is 9.47 Å². The van der Waals surface area contributed by atoms with Crippen LogP contribution in [0.5, 0.6) is 11.5 Å². The zero-order valence-corrected chi connectivity index (χ0v) is 19.9. The second-order valence-electron chi connectivity index (χ2n) is 8.19. The second-order valence-corrected chi connectivity index (χ2v) is 9.14. The van der Waals surface area contributed by atoms with Gasteiger partial charge in [0.1, 0.15) is 11.5 Å². The minimum Gasteiger partial charge on any atom is -0.497 e. The highest BCUT2D eigenvalue weighted by molar-refractivity contribution is 7.12. The number of methoxy groups -OCH3 is 2. The van der Waals surface area contributed by atoms with Gasteiger partial charge in [0.05, 0.1) is 25.0 Å². The number of thiophene rings is 1. The number of likely N-dealkylation sites (tertiary alicyclic amines) is 1. The highest BCUT2D eigenvalue weighted by atomic mass is 32.1. The van der Waals surface area contributed by atoms with Gasteiger partial charge < -0.3 is 19.3 Å². The molecule has 4 rings (SSSR count). The molecule has 1 aromatic heterocycles. The number of rotatable bonds is 7. The van der Waals surface area contributed by atoms with Crippen molar-refractivity contribution in [2.75, 3.05) is 34.4 Å². The number of hydrogen-bond acceptors (Lipinski definition) is 5. The Balaban J connectivity index is 1.65. The van der Waals surface area contributed by atoms with Crippen LogP contribution in [0, 0.1) is 5.92 Å². The van der Waals surface area contributed by atoms with Crippen LogP contribution in [0.15, 0.2) is 66.0 Å². The SMILES string of the molecule is COc1ccc(OC)c(C2CN(C(=O)c3cccs3)CC2C(=O)N(C)Cc2ccccc2)c1. The van der Waals surface area contributed by atoms with E-state index < -0.39 is 0 Å². The summed E-state index contributed by atoms with van der Waals surface area (Å²) in [6, 6.07) is 19.2. The van der Waals surface area contributed by atoms with Gasteiger partial charge in [-0.05, 0) is 35.2 Å². The molecule has 2 amide bonds. The number of benzene rings is 2. The summed E-state index contributed by atoms with van der Waals surface area (Å²) in [5.74, 6) is 0.758. The molecule has 33 heavy (non-hydrogen) atoms. The van der Waals surface area contributed by atoms with Crippen LogP contribution in [0.3, 0.4) is 0 Å². The van der Waals surface area contributed by atoms with Crippen molar-refractivity contribution in [3.8, 4) is 11.5 Å². The first-order valence-corrected chi connectivity index (χ1v) is 11.7. The number of nitrogens with zero attached hydrogens (tertiary/aromatic N) is 2. The van der Waals surface area contributed by atoms with Crippen molar-refractivity contribution in [3.63, 3.8) is 0 Å². The van der Waals surface area contributed by atoms with Crippen LogP contribution < -0.4 is 9.47 Å². The molecule has 1 aliphatic heterocycles. The molecule has 2 aromatic carbocycles. The maximum Gasteiger partial charge on any atom is 0.263 e. The van der Waals surface area contributed by atoms with Gasteiger partial charge in [0, 0.05) is 38.2 Å². The normalized spacial score (nSPS) is 17.6. The minimum atomic E-state index is -0.386. The standard InChI is InChI=1S/C26H28N2O4S/c1-27(15-18-8-5-4-6-9-18)25(29)22-17-28(26(30)24-10-7-13-33-24)16-21(22)20-14-19(31-2)11-12-23(20)32-3/h4-14,21-22H,15-17H2,1-3H3. The second kappa shape index (κ2) is 10.1. The quantitative estimate of drug-likeness (QED) is 0.524. The molecule has 1 fully saturated rings. The van der Waals surface area contributed by atoms with Crippen molar-refractivity contribution in [2.45, 2.75) is 12.5 Å². The van der Waals surface area contributed by atoms with E-state index in [0.29, 0.717) is 36.0 Å². The first-order chi connectivity index (χ1) is 16.0. The topological polar surface area (TPSA) is 59.1 Å². The summed E-state index contributed by atoms with van der Waals surface area (Å²) >= 11 is 1.42. The Morgan fingerprint density at radius 1 is 1.03 bits per heavy atom. The zero-order valence-electron chi connectivity index (χ0n) is 19.1. The van der Waals surface area contributed by atoms with Crippen molar-refractivity contribution >= 4 is 23.2 Å². The van der Waals surface area contributed by atoms with Gasteiger partial charge in [-0.3, -0.25) is 9.59 Å². The molecule has 2 atom stereocenters. The highest BCUT2D eigenvalue weighted by Gasteiger charge is 2.43. The molecule has 3 aromatic rings. The van der Waals surface area contributed by atoms with Gasteiger partial charge in [0.2, 0.25) is 5.91 Å². The average Bonchev–Trinajstić information content (AvgIpc) is 3.54. The molecule has 0 saturated carbocycles. The molecule has 7 heteroatoms. The van der Waals surface area contributed by atoms with Crippen molar-refractivity contribution < 1.29 is 19.1 Å². The molecular weight excluding hydrogens is 436 g/mol. The van der Waals surface area contributed by atoms with E-state index in [1.807, 2.05) is 73.1 Å². The van der Waals surface area contributed by atoms with Gasteiger partial charge in [-0.15, -0.1) is 11.3 Å². The molecule has 2 heterocycles. The Labute approximate surface area is 198 Å². The molecule has 2 unspecified atom stereocenters. The van der Waals surface area contributed by atoms with Gasteiger partial charge in [0.15, 0.2) is 0 Å². The Morgan fingerprint density at radius 3 is 2.48 bits per heavy atom. The van der Waals surface area contributed by atoms with Crippen molar-refractivity contribution in [1.82, 2.24) is 9.80 Å². The summed E-state index contributed by atoms with van der Waals surface area (Å²) < 4.78 is 11.1. The van der Waals surface area contributed by atoms with Gasteiger partial charge in [-0.1, -0.05) is 36.4 Å². The van der Waals surface area contributed by atoms with E-state index in [0.717, 1.165) is 11.1 Å². The maximum atomic E-state index is 13.7. The van der Waals surface area contributed by atoms with Crippen LogP contribution in [-0.2, 0) is 11.3 Å². The third-order valence-electron chi connectivity index (χ3n) is 6.13. The third kappa shape index (κ3) is 4.88. The van der Waals surface area contributed by atoms with E-state index in [1.54, 1.807) is 24.0 Å². The molecule has 0 bridgehead atoms. The largest absolute Gasteiger partial charge is 0.497 e. The fraction of sp³-hybridized carbons (Fsp3) is 0.308. The lowest BCUT2D eigenvalue weighted by atomic mass is 9.87. The van der Waals surface area contributed by atoms with Crippen LogP contribution in [0.4, 0.5) is 0 Å². The smallest absolute Gasteiger partial charge is 0.263 e. The Hall–Kier alpha value is -3.32. The number of hydrogen-bond donors (Lipinski definition) is 0. The molecule has 1 aliphatic rings. The van der Waals surface area contributed by atoms with Crippen molar-refractivity contribution in [3.05, 3.63) is 82.0 Å². The van der Waals surface area contributed by atoms with Gasteiger partial charge >= 0.3 is 0 Å². The Bertz CT molecular complexity index is 1100. The highest BCUT2D eigenvalue weighted by Crippen LogP contribution is 2.40. The van der Waals surface area contributed by atoms with E-state index in [-0.39, 0.29) is 23.7 Å². The van der Waals surface area contributed by atoms with Crippen LogP contribution in [0.2, 0.25) is 0 Å². The summed E-state index contributed by atoms with van der Waals surface area (Å²) in [4.78, 5) is 31.0. The van der Waals surface area contributed by atoms with Gasteiger partial charge in [-0.2, -0.15) is 0 Å². The third-order valence-corrected chi connectivity index (χ3v) is 6.99. The number of ether oxygens (including phenoxy) is 2. The van der Waals surface area contributed by atoms with Crippen LogP contribution in [0.1, 0.15) is 26.7 Å². The number of carbonyl (C=O) groups excluding carboxylic acids is 2. The molecule has 1 saturated heterocycles. The van der Waals surface area contributed by atoms with E-state index in [2.05, 4.69) is 0 Å². The fourth-order valence-corrected chi connectivity index (χ4v) is 5.13. The van der Waals surface area contributed by atoms with Crippen LogP contribution in [-0.4, -0.2) is 56.0 Å². The van der Waals surface area contributed by atoms with Crippen LogP contribution >= 0.6 is 11.3 Å². The maximum absolute atomic E-state index is 13.7. The molecule has 0 radical (unpaired) electrons. The summed E-state index contributed by atoms with van der Waals surface area (Å²) in [6.45, 7) is 1.31. The lowest BCUT2D eigenvalue weighted by Crippen LogP contribution is -2.36. The summed E-state index contributed by atoms with van der Waals surface area (Å²) in [5.41, 5.74) is 1.94. The first kappa shape index (κ1) is 22.9. The summed E-state index contributed by atoms with van der Waals surface area (Å²) in [7, 11) is 5.05. The first-order valence-electron chi connectivity index (χ1n) is 10.9. The Morgan fingerprint density at radius 2 is 1.82 bits per heavy atom. The van der Waals surface area contributed by atoms with E-state index in [1.165, 1.54) is 11.3 Å². The number of carbonyl (C=O) groups is 2. The lowest BCUT2D eigenvalue weighted by Gasteiger charge is -2.25. The molecule has 0 spiro atoms. The minimum absolute atomic E-state index is 0.00945. The molecule has 6 nitrogen and oxygen atoms in total. The van der Waals surface area contributed by atoms with Crippen molar-refractivity contribution in [1.29, 1.82) is 0 Å². The molecule has 172 valence electrons. The summed E-state index contributed by atoms with van der Waals surface area (Å²) in [6.07, 6.45) is 0. The molecule has 0 aliphatic carbocycles.